The average Bonchev–Trinajstić information content (AvgIpc) is 3.13. The maximum Gasteiger partial charge on any atom is 0.137 e. The Morgan fingerprint density at radius 3 is 2.54 bits per heavy atom. The van der Waals surface area contributed by atoms with E-state index in [4.69, 9.17) is 0 Å². The second-order valence-electron chi connectivity index (χ2n) is 5.99. The number of aromatic nitrogens is 2. The number of fused-ring (bicyclic) bond motifs is 1. The Kier molecular flexibility index (Phi) is 5.66. The molecule has 132 valence electrons. The molecule has 0 bridgehead atoms. The smallest absolute Gasteiger partial charge is 0.137 e. The standard InChI is InChI=1S/C21H18FN3.ClH/c22-20-4-2-1-3-17(20)14-23-13-15-5-7-16(8-6-15)18-9-11-24-21-19(18)10-12-25-21;/h1-12,23H,13-14H2,(H,24,25);1H. The highest BCUT2D eigenvalue weighted by Crippen LogP contribution is 2.27. The van der Waals surface area contributed by atoms with Crippen molar-refractivity contribution in [3.05, 3.63) is 90.0 Å². The lowest BCUT2D eigenvalue weighted by Crippen LogP contribution is -2.13. The number of benzene rings is 2. The van der Waals surface area contributed by atoms with Gasteiger partial charge in [0.1, 0.15) is 11.5 Å². The van der Waals surface area contributed by atoms with Crippen LogP contribution in [0.5, 0.6) is 0 Å². The summed E-state index contributed by atoms with van der Waals surface area (Å²) in [6, 6.07) is 19.3. The largest absolute Gasteiger partial charge is 0.346 e. The molecule has 0 radical (unpaired) electrons. The fraction of sp³-hybridized carbons (Fsp3) is 0.0952. The monoisotopic (exact) mass is 367 g/mol. The van der Waals surface area contributed by atoms with Gasteiger partial charge in [0.25, 0.3) is 0 Å². The summed E-state index contributed by atoms with van der Waals surface area (Å²) in [4.78, 5) is 7.46. The van der Waals surface area contributed by atoms with E-state index in [0.29, 0.717) is 18.7 Å². The van der Waals surface area contributed by atoms with Gasteiger partial charge in [-0.2, -0.15) is 0 Å². The van der Waals surface area contributed by atoms with Gasteiger partial charge in [-0.05, 0) is 34.9 Å². The number of rotatable bonds is 5. The second kappa shape index (κ2) is 8.13. The summed E-state index contributed by atoms with van der Waals surface area (Å²) >= 11 is 0. The normalized spacial score (nSPS) is 10.7. The molecule has 2 heterocycles. The first-order chi connectivity index (χ1) is 12.3. The lowest BCUT2D eigenvalue weighted by molar-refractivity contribution is 0.588. The molecule has 3 nitrogen and oxygen atoms in total. The van der Waals surface area contributed by atoms with Crippen LogP contribution in [0.4, 0.5) is 4.39 Å². The average molecular weight is 368 g/mol. The Morgan fingerprint density at radius 1 is 0.923 bits per heavy atom. The number of hydrogen-bond acceptors (Lipinski definition) is 2. The van der Waals surface area contributed by atoms with Gasteiger partial charge in [0.05, 0.1) is 0 Å². The number of nitrogens with zero attached hydrogens (tertiary/aromatic N) is 1. The summed E-state index contributed by atoms with van der Waals surface area (Å²) in [6.07, 6.45) is 3.72. The van der Waals surface area contributed by atoms with E-state index in [2.05, 4.69) is 39.6 Å². The highest BCUT2D eigenvalue weighted by molar-refractivity contribution is 5.92. The predicted octanol–water partition coefficient (Wildman–Crippen LogP) is 5.08. The van der Waals surface area contributed by atoms with E-state index in [9.17, 15) is 4.39 Å². The first-order valence-corrected chi connectivity index (χ1v) is 8.27. The van der Waals surface area contributed by atoms with E-state index >= 15 is 0 Å². The maximum absolute atomic E-state index is 13.6. The number of aromatic amines is 1. The first-order valence-electron chi connectivity index (χ1n) is 8.27. The number of pyridine rings is 1. The molecule has 2 N–H and O–H groups in total. The van der Waals surface area contributed by atoms with Crippen LogP contribution in [0, 0.1) is 5.82 Å². The first kappa shape index (κ1) is 18.1. The van der Waals surface area contributed by atoms with E-state index < -0.39 is 0 Å². The fourth-order valence-electron chi connectivity index (χ4n) is 3.00. The van der Waals surface area contributed by atoms with Crippen LogP contribution < -0.4 is 5.32 Å². The van der Waals surface area contributed by atoms with Gasteiger partial charge in [-0.1, -0.05) is 42.5 Å². The summed E-state index contributed by atoms with van der Waals surface area (Å²) in [6.45, 7) is 1.22. The number of H-pyrrole nitrogens is 1. The molecule has 0 unspecified atom stereocenters. The molecular formula is C21H19ClFN3. The van der Waals surface area contributed by atoms with Crippen LogP contribution in [0.1, 0.15) is 11.1 Å². The molecule has 5 heteroatoms. The van der Waals surface area contributed by atoms with Gasteiger partial charge >= 0.3 is 0 Å². The van der Waals surface area contributed by atoms with Crippen molar-refractivity contribution in [3.8, 4) is 11.1 Å². The van der Waals surface area contributed by atoms with Crippen molar-refractivity contribution in [1.82, 2.24) is 15.3 Å². The zero-order chi connectivity index (χ0) is 17.1. The van der Waals surface area contributed by atoms with Crippen molar-refractivity contribution in [1.29, 1.82) is 0 Å². The SMILES string of the molecule is Cl.Fc1ccccc1CNCc1ccc(-c2ccnc3[nH]ccc23)cc1. The molecule has 0 atom stereocenters. The van der Waals surface area contributed by atoms with Crippen molar-refractivity contribution < 1.29 is 4.39 Å². The molecule has 4 aromatic rings. The zero-order valence-corrected chi connectivity index (χ0v) is 14.9. The highest BCUT2D eigenvalue weighted by Gasteiger charge is 2.05. The highest BCUT2D eigenvalue weighted by atomic mass is 35.5. The lowest BCUT2D eigenvalue weighted by atomic mass is 10.0. The Bertz CT molecular complexity index is 996. The molecule has 2 aromatic heterocycles. The Hall–Kier alpha value is -2.69. The van der Waals surface area contributed by atoms with Crippen LogP contribution in [-0.4, -0.2) is 9.97 Å². The molecule has 4 rings (SSSR count). The van der Waals surface area contributed by atoms with E-state index in [0.717, 1.165) is 22.2 Å². The van der Waals surface area contributed by atoms with E-state index in [-0.39, 0.29) is 18.2 Å². The van der Waals surface area contributed by atoms with Crippen molar-refractivity contribution in [3.63, 3.8) is 0 Å². The second-order valence-corrected chi connectivity index (χ2v) is 5.99. The number of halogens is 2. The van der Waals surface area contributed by atoms with Gasteiger partial charge in [-0.15, -0.1) is 12.4 Å². The summed E-state index contributed by atoms with van der Waals surface area (Å²) in [7, 11) is 0. The minimum absolute atomic E-state index is 0. The third-order valence-electron chi connectivity index (χ3n) is 4.33. The predicted molar refractivity (Wildman–Crippen MR) is 106 cm³/mol. The summed E-state index contributed by atoms with van der Waals surface area (Å²) in [5.41, 5.74) is 5.07. The molecular weight excluding hydrogens is 349 g/mol. The molecule has 26 heavy (non-hydrogen) atoms. The minimum Gasteiger partial charge on any atom is -0.346 e. The van der Waals surface area contributed by atoms with Gasteiger partial charge in [0.15, 0.2) is 0 Å². The van der Waals surface area contributed by atoms with Gasteiger partial charge in [0, 0.05) is 36.4 Å². The van der Waals surface area contributed by atoms with Gasteiger partial charge < -0.3 is 10.3 Å². The number of nitrogens with one attached hydrogen (secondary N) is 2. The quantitative estimate of drug-likeness (QED) is 0.516. The molecule has 0 saturated heterocycles. The molecule has 0 fully saturated rings. The zero-order valence-electron chi connectivity index (χ0n) is 14.1. The fourth-order valence-corrected chi connectivity index (χ4v) is 3.00. The summed E-state index contributed by atoms with van der Waals surface area (Å²) in [5, 5.41) is 4.41. The third-order valence-corrected chi connectivity index (χ3v) is 4.33. The van der Waals surface area contributed by atoms with Crippen molar-refractivity contribution in [2.45, 2.75) is 13.1 Å². The number of hydrogen-bond donors (Lipinski definition) is 2. The van der Waals surface area contributed by atoms with Crippen LogP contribution in [0.2, 0.25) is 0 Å². The molecule has 0 spiro atoms. The molecule has 0 aliphatic carbocycles. The third kappa shape index (κ3) is 3.77. The van der Waals surface area contributed by atoms with E-state index in [1.165, 1.54) is 11.6 Å². The Balaban J connectivity index is 0.00000196. The van der Waals surface area contributed by atoms with E-state index in [1.807, 2.05) is 30.6 Å². The van der Waals surface area contributed by atoms with Gasteiger partial charge in [0.2, 0.25) is 0 Å². The van der Waals surface area contributed by atoms with E-state index in [1.54, 1.807) is 12.1 Å². The Labute approximate surface area is 157 Å². The molecule has 2 aromatic carbocycles. The molecule has 0 saturated carbocycles. The lowest BCUT2D eigenvalue weighted by Gasteiger charge is -2.08. The topological polar surface area (TPSA) is 40.7 Å². The Morgan fingerprint density at radius 2 is 1.73 bits per heavy atom. The van der Waals surface area contributed by atoms with Gasteiger partial charge in [-0.25, -0.2) is 9.37 Å². The summed E-state index contributed by atoms with van der Waals surface area (Å²) in [5.74, 6) is -0.168. The molecule has 0 aliphatic heterocycles. The maximum atomic E-state index is 13.6. The van der Waals surface area contributed by atoms with Crippen LogP contribution in [0.25, 0.3) is 22.2 Å². The summed E-state index contributed by atoms with van der Waals surface area (Å²) < 4.78 is 13.6. The van der Waals surface area contributed by atoms with Crippen LogP contribution >= 0.6 is 12.4 Å². The minimum atomic E-state index is -0.168. The molecule has 0 amide bonds. The van der Waals surface area contributed by atoms with Crippen LogP contribution in [0.15, 0.2) is 73.1 Å². The van der Waals surface area contributed by atoms with Crippen molar-refractivity contribution in [2.24, 2.45) is 0 Å². The van der Waals surface area contributed by atoms with Crippen molar-refractivity contribution >= 4 is 23.4 Å². The van der Waals surface area contributed by atoms with Crippen LogP contribution in [-0.2, 0) is 13.1 Å². The van der Waals surface area contributed by atoms with Gasteiger partial charge in [-0.3, -0.25) is 0 Å². The van der Waals surface area contributed by atoms with Crippen LogP contribution in [0.3, 0.4) is 0 Å². The molecule has 0 aliphatic rings. The van der Waals surface area contributed by atoms with Crippen molar-refractivity contribution in [2.75, 3.05) is 0 Å².